The van der Waals surface area contributed by atoms with Crippen molar-refractivity contribution in [3.63, 3.8) is 0 Å². The minimum atomic E-state index is -3.96. The Morgan fingerprint density at radius 1 is 1.18 bits per heavy atom. The largest absolute Gasteiger partial charge is 0.487 e. The zero-order valence-electron chi connectivity index (χ0n) is 22.0. The molecule has 2 aromatic rings. The zero-order chi connectivity index (χ0) is 27.3. The normalized spacial score (nSPS) is 22.5. The number of hydrogen-bond donors (Lipinski definition) is 1. The number of ether oxygens (including phenoxy) is 2. The number of carbonyl (C=O) groups excluding carboxylic acids is 1. The molecule has 1 fully saturated rings. The van der Waals surface area contributed by atoms with Crippen LogP contribution >= 0.6 is 0 Å². The number of carbonyl (C=O) groups is 1. The molecule has 0 radical (unpaired) electrons. The Morgan fingerprint density at radius 3 is 2.55 bits per heavy atom. The lowest BCUT2D eigenvalue weighted by molar-refractivity contribution is -0.138. The molecule has 204 valence electrons. The Bertz CT molecular complexity index is 1280. The summed E-state index contributed by atoms with van der Waals surface area (Å²) in [5.74, 6) is 5.99. The first-order chi connectivity index (χ1) is 18.2. The van der Waals surface area contributed by atoms with Crippen LogP contribution in [0, 0.1) is 23.7 Å². The standard InChI is InChI=1S/C28H35N3O6S/c1-20-17-31(21(2)19-32)38(34,35)27-7-6-23(5-4-22-8-12-29-13-9-22)16-25(27)37-26(20)18-30(3)28(33)24-10-14-36-15-11-24/h6-9,12-13,16,20-21,24,26,32H,10-11,14-15,17-19H2,1-3H3/t20-,21+,26+/m1/s1. The zero-order valence-corrected chi connectivity index (χ0v) is 22.9. The van der Waals surface area contributed by atoms with Crippen molar-refractivity contribution in [2.75, 3.05) is 40.0 Å². The number of pyridine rings is 1. The van der Waals surface area contributed by atoms with E-state index in [9.17, 15) is 18.3 Å². The molecule has 0 bridgehead atoms. The van der Waals surface area contributed by atoms with Gasteiger partial charge in [-0.2, -0.15) is 4.31 Å². The molecule has 9 nitrogen and oxygen atoms in total. The Balaban J connectivity index is 1.68. The molecule has 0 spiro atoms. The number of aliphatic hydroxyl groups is 1. The monoisotopic (exact) mass is 541 g/mol. The third kappa shape index (κ3) is 6.35. The number of nitrogens with zero attached hydrogens (tertiary/aromatic N) is 3. The summed E-state index contributed by atoms with van der Waals surface area (Å²) in [4.78, 5) is 18.8. The summed E-state index contributed by atoms with van der Waals surface area (Å²) in [6, 6.07) is 7.74. The van der Waals surface area contributed by atoms with Crippen LogP contribution in [0.25, 0.3) is 0 Å². The summed E-state index contributed by atoms with van der Waals surface area (Å²) in [6.07, 6.45) is 4.21. The second-order valence-corrected chi connectivity index (χ2v) is 11.9. The molecule has 1 aromatic heterocycles. The average Bonchev–Trinajstić information content (AvgIpc) is 2.93. The van der Waals surface area contributed by atoms with E-state index in [-0.39, 0.29) is 41.5 Å². The van der Waals surface area contributed by atoms with Gasteiger partial charge in [0.25, 0.3) is 0 Å². The fraction of sp³-hybridized carbons (Fsp3) is 0.500. The van der Waals surface area contributed by atoms with Gasteiger partial charge in [0.1, 0.15) is 16.7 Å². The van der Waals surface area contributed by atoms with Crippen molar-refractivity contribution in [1.82, 2.24) is 14.2 Å². The number of rotatable bonds is 5. The number of hydrogen-bond acceptors (Lipinski definition) is 7. The number of likely N-dealkylation sites (N-methyl/N-ethyl adjacent to an activating group) is 1. The van der Waals surface area contributed by atoms with Gasteiger partial charge in [0.05, 0.1) is 13.2 Å². The van der Waals surface area contributed by atoms with Gasteiger partial charge in [-0.25, -0.2) is 8.42 Å². The minimum absolute atomic E-state index is 0.0163. The quantitative estimate of drug-likeness (QED) is 0.578. The van der Waals surface area contributed by atoms with Crippen molar-refractivity contribution in [2.24, 2.45) is 11.8 Å². The Morgan fingerprint density at radius 2 is 1.87 bits per heavy atom. The predicted molar refractivity (Wildman–Crippen MR) is 142 cm³/mol. The average molecular weight is 542 g/mol. The van der Waals surface area contributed by atoms with Crippen molar-refractivity contribution in [3.8, 4) is 17.6 Å². The fourth-order valence-electron chi connectivity index (χ4n) is 4.72. The topological polar surface area (TPSA) is 109 Å². The highest BCUT2D eigenvalue weighted by Crippen LogP contribution is 2.34. The molecule has 4 rings (SSSR count). The van der Waals surface area contributed by atoms with E-state index in [1.165, 1.54) is 10.4 Å². The van der Waals surface area contributed by atoms with Crippen LogP contribution in [0.2, 0.25) is 0 Å². The molecule has 10 heteroatoms. The molecule has 3 atom stereocenters. The molecule has 38 heavy (non-hydrogen) atoms. The molecule has 3 heterocycles. The lowest BCUT2D eigenvalue weighted by Crippen LogP contribution is -2.50. The second-order valence-electron chi connectivity index (χ2n) is 9.99. The van der Waals surface area contributed by atoms with Crippen LogP contribution in [0.5, 0.6) is 5.75 Å². The highest BCUT2D eigenvalue weighted by Gasteiger charge is 2.38. The van der Waals surface area contributed by atoms with E-state index in [0.29, 0.717) is 38.2 Å². The summed E-state index contributed by atoms with van der Waals surface area (Å²) >= 11 is 0. The van der Waals surface area contributed by atoms with E-state index in [1.807, 2.05) is 6.92 Å². The van der Waals surface area contributed by atoms with E-state index in [4.69, 9.17) is 9.47 Å². The van der Waals surface area contributed by atoms with Gasteiger partial charge in [-0.1, -0.05) is 18.8 Å². The highest BCUT2D eigenvalue weighted by atomic mass is 32.2. The lowest BCUT2D eigenvalue weighted by atomic mass is 9.97. The Kier molecular flexibility index (Phi) is 9.05. The lowest BCUT2D eigenvalue weighted by Gasteiger charge is -2.38. The van der Waals surface area contributed by atoms with Crippen LogP contribution in [0.1, 0.15) is 37.8 Å². The van der Waals surface area contributed by atoms with Crippen molar-refractivity contribution in [1.29, 1.82) is 0 Å². The van der Waals surface area contributed by atoms with Crippen LogP contribution in [-0.4, -0.2) is 85.7 Å². The minimum Gasteiger partial charge on any atom is -0.487 e. The first-order valence-corrected chi connectivity index (χ1v) is 14.3. The third-order valence-electron chi connectivity index (χ3n) is 7.10. The number of amides is 1. The van der Waals surface area contributed by atoms with Crippen LogP contribution in [0.4, 0.5) is 0 Å². The van der Waals surface area contributed by atoms with Crippen molar-refractivity contribution in [2.45, 2.75) is 43.7 Å². The summed E-state index contributed by atoms with van der Waals surface area (Å²) in [5, 5.41) is 9.84. The smallest absolute Gasteiger partial charge is 0.247 e. The van der Waals surface area contributed by atoms with Gasteiger partial charge >= 0.3 is 0 Å². The summed E-state index contributed by atoms with van der Waals surface area (Å²) < 4.78 is 40.5. The van der Waals surface area contributed by atoms with Crippen LogP contribution in [0.3, 0.4) is 0 Å². The number of sulfonamides is 1. The van der Waals surface area contributed by atoms with Crippen LogP contribution < -0.4 is 4.74 Å². The molecule has 0 aliphatic carbocycles. The molecule has 1 aromatic carbocycles. The van der Waals surface area contributed by atoms with Gasteiger partial charge in [-0.3, -0.25) is 9.78 Å². The summed E-state index contributed by atoms with van der Waals surface area (Å²) in [7, 11) is -2.20. The molecule has 2 aliphatic heterocycles. The molecule has 1 amide bonds. The number of aliphatic hydroxyl groups excluding tert-OH is 1. The number of aromatic nitrogens is 1. The Hall–Kier alpha value is -2.97. The molecule has 0 saturated carbocycles. The van der Waals surface area contributed by atoms with E-state index < -0.39 is 22.2 Å². The maximum atomic E-state index is 13.7. The fourth-order valence-corrected chi connectivity index (χ4v) is 6.54. The van der Waals surface area contributed by atoms with Gasteiger partial charge in [-0.15, -0.1) is 0 Å². The van der Waals surface area contributed by atoms with Crippen LogP contribution in [-0.2, 0) is 19.6 Å². The summed E-state index contributed by atoms with van der Waals surface area (Å²) in [6.45, 7) is 4.86. The van der Waals surface area contributed by atoms with Gasteiger partial charge in [0.15, 0.2) is 0 Å². The van der Waals surface area contributed by atoms with E-state index in [0.717, 1.165) is 5.56 Å². The van der Waals surface area contributed by atoms with Gasteiger partial charge in [-0.05, 0) is 50.1 Å². The van der Waals surface area contributed by atoms with Gasteiger partial charge in [0.2, 0.25) is 15.9 Å². The molecule has 1 N–H and O–H groups in total. The van der Waals surface area contributed by atoms with Crippen LogP contribution in [0.15, 0.2) is 47.6 Å². The number of fused-ring (bicyclic) bond motifs is 1. The second kappa shape index (κ2) is 12.3. The molecule has 0 unspecified atom stereocenters. The first-order valence-electron chi connectivity index (χ1n) is 12.9. The Labute approximate surface area is 224 Å². The summed E-state index contributed by atoms with van der Waals surface area (Å²) in [5.41, 5.74) is 1.37. The van der Waals surface area contributed by atoms with E-state index in [1.54, 1.807) is 55.5 Å². The van der Waals surface area contributed by atoms with Gasteiger partial charge in [0, 0.05) is 68.2 Å². The molecule has 2 aliphatic rings. The van der Waals surface area contributed by atoms with Gasteiger partial charge < -0.3 is 19.5 Å². The SMILES string of the molecule is C[C@@H]1CN([C@@H](C)CO)S(=O)(=O)c2ccc(C#Cc3ccncc3)cc2O[C@H]1CN(C)C(=O)C1CCOCC1. The number of benzene rings is 1. The van der Waals surface area contributed by atoms with Crippen molar-refractivity contribution < 1.29 is 27.8 Å². The molecular formula is C28H35N3O6S. The third-order valence-corrected chi connectivity index (χ3v) is 9.12. The van der Waals surface area contributed by atoms with E-state index in [2.05, 4.69) is 16.8 Å². The van der Waals surface area contributed by atoms with Crippen molar-refractivity contribution >= 4 is 15.9 Å². The molecular weight excluding hydrogens is 506 g/mol. The maximum absolute atomic E-state index is 13.7. The van der Waals surface area contributed by atoms with Crippen molar-refractivity contribution in [3.05, 3.63) is 53.9 Å². The van der Waals surface area contributed by atoms with E-state index >= 15 is 0 Å². The maximum Gasteiger partial charge on any atom is 0.247 e. The highest BCUT2D eigenvalue weighted by molar-refractivity contribution is 7.89. The predicted octanol–water partition coefficient (Wildman–Crippen LogP) is 2.14. The molecule has 1 saturated heterocycles. The first kappa shape index (κ1) is 28.0.